The molecule has 0 radical (unpaired) electrons. The molecule has 0 aliphatic carbocycles. The molecule has 24 heavy (non-hydrogen) atoms. The van der Waals surface area contributed by atoms with Crippen molar-refractivity contribution in [3.05, 3.63) is 29.8 Å². The lowest BCUT2D eigenvalue weighted by Crippen LogP contribution is -2.46. The molecule has 4 heteroatoms. The lowest BCUT2D eigenvalue weighted by Gasteiger charge is -2.33. The largest absolute Gasteiger partial charge is 0.497 e. The predicted octanol–water partition coefficient (Wildman–Crippen LogP) is 2.96. The van der Waals surface area contributed by atoms with Crippen molar-refractivity contribution in [2.75, 3.05) is 33.3 Å². The molecule has 1 aromatic rings. The quantitative estimate of drug-likeness (QED) is 0.832. The summed E-state index contributed by atoms with van der Waals surface area (Å²) in [5.41, 5.74) is 1.30. The molecule has 0 spiro atoms. The summed E-state index contributed by atoms with van der Waals surface area (Å²) in [4.78, 5) is 17.1. The van der Waals surface area contributed by atoms with Crippen molar-refractivity contribution in [1.29, 1.82) is 0 Å². The molecule has 2 saturated heterocycles. The van der Waals surface area contributed by atoms with Gasteiger partial charge in [-0.25, -0.2) is 0 Å². The van der Waals surface area contributed by atoms with Crippen molar-refractivity contribution in [3.8, 4) is 5.75 Å². The topological polar surface area (TPSA) is 32.8 Å². The molecule has 2 aliphatic rings. The van der Waals surface area contributed by atoms with Gasteiger partial charge in [0.05, 0.1) is 13.7 Å². The molecule has 1 amide bonds. The Morgan fingerprint density at radius 3 is 2.88 bits per heavy atom. The first-order chi connectivity index (χ1) is 11.7. The highest BCUT2D eigenvalue weighted by molar-refractivity contribution is 5.78. The summed E-state index contributed by atoms with van der Waals surface area (Å²) in [6.07, 6.45) is 5.78. The Hall–Kier alpha value is -1.55. The molecule has 132 valence electrons. The van der Waals surface area contributed by atoms with Gasteiger partial charge in [0.1, 0.15) is 5.75 Å². The van der Waals surface area contributed by atoms with E-state index in [1.54, 1.807) is 7.11 Å². The van der Waals surface area contributed by atoms with Gasteiger partial charge < -0.3 is 9.64 Å². The van der Waals surface area contributed by atoms with E-state index in [4.69, 9.17) is 4.74 Å². The highest BCUT2D eigenvalue weighted by Gasteiger charge is 2.29. The van der Waals surface area contributed by atoms with E-state index in [2.05, 4.69) is 28.9 Å². The van der Waals surface area contributed by atoms with Crippen LogP contribution in [0.1, 0.15) is 38.2 Å². The van der Waals surface area contributed by atoms with Crippen LogP contribution in [0.15, 0.2) is 24.3 Å². The van der Waals surface area contributed by atoms with E-state index < -0.39 is 0 Å². The van der Waals surface area contributed by atoms with Gasteiger partial charge in [-0.2, -0.15) is 0 Å². The maximum atomic E-state index is 12.7. The minimum atomic E-state index is 0.319. The van der Waals surface area contributed by atoms with Crippen molar-refractivity contribution < 1.29 is 9.53 Å². The standard InChI is InChI=1S/C20H30N2O2/c1-16-6-4-11-22(14-16)20(23)15-21-10-5-8-18(21)12-17-7-3-9-19(13-17)24-2/h3,7,9,13,16,18H,4-6,8,10-12,14-15H2,1-2H3/t16-,18+/m0/s1. The molecular weight excluding hydrogens is 300 g/mol. The van der Waals surface area contributed by atoms with Gasteiger partial charge in [0.15, 0.2) is 0 Å². The monoisotopic (exact) mass is 330 g/mol. The zero-order valence-corrected chi connectivity index (χ0v) is 15.0. The van der Waals surface area contributed by atoms with Gasteiger partial charge in [-0.05, 0) is 62.3 Å². The molecule has 3 rings (SSSR count). The lowest BCUT2D eigenvalue weighted by atomic mass is 10.00. The molecule has 2 atom stereocenters. The Morgan fingerprint density at radius 1 is 1.25 bits per heavy atom. The molecule has 4 nitrogen and oxygen atoms in total. The average Bonchev–Trinajstić information content (AvgIpc) is 3.02. The first kappa shape index (κ1) is 17.3. The van der Waals surface area contributed by atoms with Crippen molar-refractivity contribution >= 4 is 5.91 Å². The summed E-state index contributed by atoms with van der Waals surface area (Å²) < 4.78 is 5.33. The van der Waals surface area contributed by atoms with Crippen molar-refractivity contribution in [2.24, 2.45) is 5.92 Å². The van der Waals surface area contributed by atoms with Crippen LogP contribution in [0.5, 0.6) is 5.75 Å². The maximum absolute atomic E-state index is 12.7. The van der Waals surface area contributed by atoms with E-state index in [0.29, 0.717) is 24.4 Å². The van der Waals surface area contributed by atoms with Crippen LogP contribution >= 0.6 is 0 Å². The Labute approximate surface area is 145 Å². The number of nitrogens with zero attached hydrogens (tertiary/aromatic N) is 2. The third kappa shape index (κ3) is 4.29. The van der Waals surface area contributed by atoms with E-state index in [9.17, 15) is 4.79 Å². The molecular formula is C20H30N2O2. The fraction of sp³-hybridized carbons (Fsp3) is 0.650. The lowest BCUT2D eigenvalue weighted by molar-refractivity contribution is -0.134. The number of carbonyl (C=O) groups excluding carboxylic acids is 1. The predicted molar refractivity (Wildman–Crippen MR) is 96.3 cm³/mol. The van der Waals surface area contributed by atoms with Gasteiger partial charge in [0, 0.05) is 19.1 Å². The molecule has 1 aromatic carbocycles. The minimum Gasteiger partial charge on any atom is -0.497 e. The SMILES string of the molecule is COc1cccc(C[C@H]2CCCN2CC(=O)N2CCC[C@H](C)C2)c1. The Kier molecular flexibility index (Phi) is 5.77. The number of hydrogen-bond donors (Lipinski definition) is 0. The number of hydrogen-bond acceptors (Lipinski definition) is 3. The van der Waals surface area contributed by atoms with E-state index in [0.717, 1.165) is 38.2 Å². The molecule has 2 heterocycles. The Balaban J connectivity index is 1.57. The van der Waals surface area contributed by atoms with Gasteiger partial charge in [0.25, 0.3) is 0 Å². The van der Waals surface area contributed by atoms with Crippen molar-refractivity contribution in [2.45, 2.75) is 45.1 Å². The highest BCUT2D eigenvalue weighted by atomic mass is 16.5. The van der Waals surface area contributed by atoms with E-state index in [1.807, 2.05) is 12.1 Å². The fourth-order valence-corrected chi connectivity index (χ4v) is 4.10. The molecule has 0 bridgehead atoms. The van der Waals surface area contributed by atoms with Crippen LogP contribution in [-0.4, -0.2) is 55.0 Å². The number of benzene rings is 1. The van der Waals surface area contributed by atoms with Gasteiger partial charge in [0.2, 0.25) is 5.91 Å². The normalized spacial score (nSPS) is 25.0. The molecule has 2 fully saturated rings. The molecule has 0 saturated carbocycles. The van der Waals surface area contributed by atoms with Crippen LogP contribution in [0.3, 0.4) is 0 Å². The number of amides is 1. The number of ether oxygens (including phenoxy) is 1. The summed E-state index contributed by atoms with van der Waals surface area (Å²) in [6.45, 7) is 5.76. The fourth-order valence-electron chi connectivity index (χ4n) is 4.10. The van der Waals surface area contributed by atoms with E-state index in [1.165, 1.54) is 24.8 Å². The number of likely N-dealkylation sites (tertiary alicyclic amines) is 2. The number of piperidine rings is 1. The number of methoxy groups -OCH3 is 1. The van der Waals surface area contributed by atoms with Crippen LogP contribution in [0.25, 0.3) is 0 Å². The Morgan fingerprint density at radius 2 is 2.08 bits per heavy atom. The zero-order chi connectivity index (χ0) is 16.9. The maximum Gasteiger partial charge on any atom is 0.236 e. The second-order valence-corrected chi connectivity index (χ2v) is 7.41. The molecule has 2 aliphatic heterocycles. The van der Waals surface area contributed by atoms with Crippen LogP contribution < -0.4 is 4.74 Å². The third-order valence-electron chi connectivity index (χ3n) is 5.45. The molecule has 0 unspecified atom stereocenters. The van der Waals surface area contributed by atoms with Crippen LogP contribution in [0.2, 0.25) is 0 Å². The number of rotatable bonds is 5. The first-order valence-corrected chi connectivity index (χ1v) is 9.30. The first-order valence-electron chi connectivity index (χ1n) is 9.30. The Bertz CT molecular complexity index is 560. The second-order valence-electron chi connectivity index (χ2n) is 7.41. The van der Waals surface area contributed by atoms with Crippen LogP contribution in [0.4, 0.5) is 0 Å². The van der Waals surface area contributed by atoms with Crippen LogP contribution in [0, 0.1) is 5.92 Å². The summed E-state index contributed by atoms with van der Waals surface area (Å²) in [5, 5.41) is 0. The molecule has 0 N–H and O–H groups in total. The molecule has 0 aromatic heterocycles. The summed E-state index contributed by atoms with van der Waals surface area (Å²) in [7, 11) is 1.71. The number of carbonyl (C=O) groups is 1. The summed E-state index contributed by atoms with van der Waals surface area (Å²) in [6, 6.07) is 8.78. The highest BCUT2D eigenvalue weighted by Crippen LogP contribution is 2.24. The van der Waals surface area contributed by atoms with Gasteiger partial charge >= 0.3 is 0 Å². The van der Waals surface area contributed by atoms with Crippen LogP contribution in [-0.2, 0) is 11.2 Å². The van der Waals surface area contributed by atoms with Gasteiger partial charge in [-0.1, -0.05) is 19.1 Å². The minimum absolute atomic E-state index is 0.319. The van der Waals surface area contributed by atoms with Gasteiger partial charge in [-0.15, -0.1) is 0 Å². The van der Waals surface area contributed by atoms with Crippen molar-refractivity contribution in [3.63, 3.8) is 0 Å². The van der Waals surface area contributed by atoms with E-state index in [-0.39, 0.29) is 0 Å². The van der Waals surface area contributed by atoms with Gasteiger partial charge in [-0.3, -0.25) is 9.69 Å². The van der Waals surface area contributed by atoms with Crippen molar-refractivity contribution in [1.82, 2.24) is 9.80 Å². The third-order valence-corrected chi connectivity index (χ3v) is 5.45. The van der Waals surface area contributed by atoms with E-state index >= 15 is 0 Å². The smallest absolute Gasteiger partial charge is 0.236 e. The summed E-state index contributed by atoms with van der Waals surface area (Å²) in [5.74, 6) is 1.88. The summed E-state index contributed by atoms with van der Waals surface area (Å²) >= 11 is 0. The second kappa shape index (κ2) is 8.02. The zero-order valence-electron chi connectivity index (χ0n) is 15.0. The average molecular weight is 330 g/mol.